The second-order valence-corrected chi connectivity index (χ2v) is 5.69. The van der Waals surface area contributed by atoms with E-state index in [4.69, 9.17) is 12.2 Å². The summed E-state index contributed by atoms with van der Waals surface area (Å²) in [5, 5.41) is 11.0. The molecule has 0 radical (unpaired) electrons. The van der Waals surface area contributed by atoms with Crippen LogP contribution in [0.3, 0.4) is 0 Å². The van der Waals surface area contributed by atoms with E-state index < -0.39 is 11.5 Å². The molecule has 0 fully saturated rings. The molecule has 0 aliphatic carbocycles. The third kappa shape index (κ3) is 2.43. The summed E-state index contributed by atoms with van der Waals surface area (Å²) in [6.45, 7) is 0.0359. The Morgan fingerprint density at radius 2 is 1.88 bits per heavy atom. The highest BCUT2D eigenvalue weighted by molar-refractivity contribution is 6.11. The van der Waals surface area contributed by atoms with Crippen LogP contribution in [0.15, 0.2) is 48.5 Å². The summed E-state index contributed by atoms with van der Waals surface area (Å²) in [6.07, 6.45) is 4.97. The Kier molecular flexibility index (Phi) is 3.84. The van der Waals surface area contributed by atoms with Gasteiger partial charge in [-0.3, -0.25) is 14.5 Å². The van der Waals surface area contributed by atoms with Gasteiger partial charge in [0.15, 0.2) is 11.4 Å². The quantitative estimate of drug-likeness (QED) is 0.510. The largest absolute Gasteiger partial charge is 0.399 e. The molecule has 0 spiro atoms. The number of anilines is 2. The monoisotopic (exact) mass is 320 g/mol. The normalized spacial score (nSPS) is 19.0. The van der Waals surface area contributed by atoms with E-state index in [1.807, 2.05) is 0 Å². The van der Waals surface area contributed by atoms with Crippen molar-refractivity contribution in [1.29, 1.82) is 0 Å². The maximum atomic E-state index is 12.7. The molecule has 0 saturated carbocycles. The highest BCUT2D eigenvalue weighted by atomic mass is 16.3. The van der Waals surface area contributed by atoms with Gasteiger partial charge >= 0.3 is 0 Å². The fraction of sp³-hybridized carbons (Fsp3) is 0.158. The number of para-hydroxylation sites is 1. The number of aliphatic hydroxyl groups is 1. The number of amides is 1. The number of terminal acetylenes is 1. The van der Waals surface area contributed by atoms with Crippen molar-refractivity contribution in [3.8, 4) is 12.3 Å². The van der Waals surface area contributed by atoms with Crippen molar-refractivity contribution in [3.63, 3.8) is 0 Å². The van der Waals surface area contributed by atoms with E-state index in [1.165, 1.54) is 4.90 Å². The van der Waals surface area contributed by atoms with Gasteiger partial charge in [-0.15, -0.1) is 6.42 Å². The van der Waals surface area contributed by atoms with Crippen LogP contribution in [-0.2, 0) is 10.4 Å². The molecule has 2 aromatic rings. The molecule has 120 valence electrons. The first-order chi connectivity index (χ1) is 11.5. The molecule has 5 nitrogen and oxygen atoms in total. The zero-order chi connectivity index (χ0) is 17.3. The summed E-state index contributed by atoms with van der Waals surface area (Å²) in [4.78, 5) is 26.6. The minimum atomic E-state index is -1.91. The second kappa shape index (κ2) is 5.84. The molecule has 5 heteroatoms. The molecule has 1 aliphatic heterocycles. The Bertz CT molecular complexity index is 852. The number of fused-ring (bicyclic) bond motifs is 1. The van der Waals surface area contributed by atoms with Crippen LogP contribution < -0.4 is 10.6 Å². The van der Waals surface area contributed by atoms with Gasteiger partial charge in [0, 0.05) is 16.8 Å². The van der Waals surface area contributed by atoms with E-state index in [-0.39, 0.29) is 18.7 Å². The number of hydrogen-bond donors (Lipinski definition) is 2. The van der Waals surface area contributed by atoms with Crippen LogP contribution in [0.4, 0.5) is 11.4 Å². The number of carbonyl (C=O) groups is 2. The number of nitrogens with zero attached hydrogens (tertiary/aromatic N) is 1. The third-order valence-electron chi connectivity index (χ3n) is 4.14. The van der Waals surface area contributed by atoms with Crippen LogP contribution in [0.25, 0.3) is 0 Å². The van der Waals surface area contributed by atoms with Gasteiger partial charge in [0.2, 0.25) is 0 Å². The van der Waals surface area contributed by atoms with Crippen molar-refractivity contribution in [2.24, 2.45) is 0 Å². The highest BCUT2D eigenvalue weighted by Crippen LogP contribution is 2.42. The number of rotatable bonds is 4. The lowest BCUT2D eigenvalue weighted by atomic mass is 9.88. The van der Waals surface area contributed by atoms with E-state index in [0.717, 1.165) is 0 Å². The van der Waals surface area contributed by atoms with E-state index in [9.17, 15) is 14.7 Å². The second-order valence-electron chi connectivity index (χ2n) is 5.69. The van der Waals surface area contributed by atoms with Crippen molar-refractivity contribution in [2.75, 3.05) is 17.2 Å². The molecule has 3 N–H and O–H groups in total. The van der Waals surface area contributed by atoms with Crippen LogP contribution >= 0.6 is 0 Å². The summed E-state index contributed by atoms with van der Waals surface area (Å²) in [5.41, 5.74) is 5.56. The molecule has 0 bridgehead atoms. The summed E-state index contributed by atoms with van der Waals surface area (Å²) < 4.78 is 0. The summed E-state index contributed by atoms with van der Waals surface area (Å²) >= 11 is 0. The van der Waals surface area contributed by atoms with Crippen molar-refractivity contribution in [2.45, 2.75) is 12.0 Å². The molecule has 1 aliphatic rings. The lowest BCUT2D eigenvalue weighted by Gasteiger charge is -2.21. The van der Waals surface area contributed by atoms with Crippen molar-refractivity contribution < 1.29 is 14.7 Å². The average molecular weight is 320 g/mol. The fourth-order valence-electron chi connectivity index (χ4n) is 2.93. The van der Waals surface area contributed by atoms with Crippen molar-refractivity contribution >= 4 is 23.1 Å². The molecule has 24 heavy (non-hydrogen) atoms. The minimum Gasteiger partial charge on any atom is -0.399 e. The number of ketones is 1. The summed E-state index contributed by atoms with van der Waals surface area (Å²) in [7, 11) is 0. The zero-order valence-electron chi connectivity index (χ0n) is 12.9. The van der Waals surface area contributed by atoms with Crippen molar-refractivity contribution in [3.05, 3.63) is 59.7 Å². The standard InChI is InChI=1S/C19H16N2O3/c1-2-11-21-16-6-4-3-5-15(16)19(24,18(21)23)12-17(22)13-7-9-14(20)10-8-13/h1,3-10,24H,11-12,20H2. The Morgan fingerprint density at radius 1 is 1.21 bits per heavy atom. The first-order valence-electron chi connectivity index (χ1n) is 7.43. The third-order valence-corrected chi connectivity index (χ3v) is 4.14. The van der Waals surface area contributed by atoms with E-state index in [2.05, 4.69) is 5.92 Å². The number of hydrogen-bond acceptors (Lipinski definition) is 4. The SMILES string of the molecule is C#CCN1C(=O)C(O)(CC(=O)c2ccc(N)cc2)c2ccccc21. The number of nitrogen functional groups attached to an aromatic ring is 1. The molecular formula is C19H16N2O3. The number of benzene rings is 2. The van der Waals surface area contributed by atoms with Gasteiger partial charge in [0.25, 0.3) is 5.91 Å². The number of carbonyl (C=O) groups excluding carboxylic acids is 2. The molecule has 1 heterocycles. The van der Waals surface area contributed by atoms with Crippen LogP contribution in [0.5, 0.6) is 0 Å². The lowest BCUT2D eigenvalue weighted by molar-refractivity contribution is -0.135. The fourth-order valence-corrected chi connectivity index (χ4v) is 2.93. The first kappa shape index (κ1) is 15.8. The number of Topliss-reactive ketones (excluding diaryl/α,β-unsaturated/α-hetero) is 1. The van der Waals surface area contributed by atoms with Gasteiger partial charge < -0.3 is 10.8 Å². The molecule has 0 saturated heterocycles. The molecule has 1 atom stereocenters. The van der Waals surface area contributed by atoms with Crippen molar-refractivity contribution in [1.82, 2.24) is 0 Å². The average Bonchev–Trinajstić information content (AvgIpc) is 2.78. The van der Waals surface area contributed by atoms with Gasteiger partial charge in [0.1, 0.15) is 0 Å². The maximum Gasteiger partial charge on any atom is 0.265 e. The molecule has 0 aromatic heterocycles. The topological polar surface area (TPSA) is 83.6 Å². The predicted octanol–water partition coefficient (Wildman–Crippen LogP) is 1.71. The molecular weight excluding hydrogens is 304 g/mol. The van der Waals surface area contributed by atoms with E-state index in [0.29, 0.717) is 22.5 Å². The maximum absolute atomic E-state index is 12.7. The van der Waals surface area contributed by atoms with Crippen LogP contribution in [0.1, 0.15) is 22.3 Å². The molecule has 3 rings (SSSR count). The predicted molar refractivity (Wildman–Crippen MR) is 91.3 cm³/mol. The van der Waals surface area contributed by atoms with Gasteiger partial charge in [0.05, 0.1) is 18.7 Å². The summed E-state index contributed by atoms with van der Waals surface area (Å²) in [5.74, 6) is 1.48. The minimum absolute atomic E-state index is 0.0359. The summed E-state index contributed by atoms with van der Waals surface area (Å²) in [6, 6.07) is 13.2. The van der Waals surface area contributed by atoms with E-state index >= 15 is 0 Å². The molecule has 2 aromatic carbocycles. The number of nitrogens with two attached hydrogens (primary N) is 1. The van der Waals surface area contributed by atoms with Gasteiger partial charge in [-0.2, -0.15) is 0 Å². The first-order valence-corrected chi connectivity index (χ1v) is 7.43. The van der Waals surface area contributed by atoms with Gasteiger partial charge in [-0.25, -0.2) is 0 Å². The van der Waals surface area contributed by atoms with Crippen LogP contribution in [-0.4, -0.2) is 23.3 Å². The Hall–Kier alpha value is -3.10. The van der Waals surface area contributed by atoms with Crippen LogP contribution in [0.2, 0.25) is 0 Å². The van der Waals surface area contributed by atoms with E-state index in [1.54, 1.807) is 48.5 Å². The Morgan fingerprint density at radius 3 is 2.54 bits per heavy atom. The zero-order valence-corrected chi connectivity index (χ0v) is 12.9. The van der Waals surface area contributed by atoms with Gasteiger partial charge in [-0.1, -0.05) is 24.1 Å². The highest BCUT2D eigenvalue weighted by Gasteiger charge is 2.50. The lowest BCUT2D eigenvalue weighted by Crippen LogP contribution is -2.42. The molecule has 1 amide bonds. The molecule has 1 unspecified atom stereocenters. The Labute approximate surface area is 139 Å². The Balaban J connectivity index is 1.97. The van der Waals surface area contributed by atoms with Gasteiger partial charge in [-0.05, 0) is 30.3 Å². The smallest absolute Gasteiger partial charge is 0.265 e. The van der Waals surface area contributed by atoms with Crippen LogP contribution in [0, 0.1) is 12.3 Å².